The van der Waals surface area contributed by atoms with Crippen LogP contribution in [0.4, 0.5) is 17.1 Å². The summed E-state index contributed by atoms with van der Waals surface area (Å²) in [5.74, 6) is 0. The molecule has 0 N–H and O–H groups in total. The van der Waals surface area contributed by atoms with Gasteiger partial charge in [-0.1, -0.05) is 186 Å². The van der Waals surface area contributed by atoms with Gasteiger partial charge in [-0.2, -0.15) is 0 Å². The number of benzene rings is 6. The number of thiophene rings is 1. The average molecular weight is 864 g/mol. The van der Waals surface area contributed by atoms with Gasteiger partial charge in [0.15, 0.2) is 0 Å². The summed E-state index contributed by atoms with van der Waals surface area (Å²) in [4.78, 5) is 3.76. The second-order valence-electron chi connectivity index (χ2n) is 17.3. The summed E-state index contributed by atoms with van der Waals surface area (Å²) < 4.78 is 1.35. The van der Waals surface area contributed by atoms with Crippen LogP contribution in [0.15, 0.2) is 183 Å². The van der Waals surface area contributed by atoms with Crippen LogP contribution in [-0.4, -0.2) is 0 Å². The van der Waals surface area contributed by atoms with Gasteiger partial charge >= 0.3 is 0 Å². The lowest BCUT2D eigenvalue weighted by Crippen LogP contribution is -2.32. The van der Waals surface area contributed by atoms with E-state index in [-0.39, 0.29) is 5.41 Å². The molecule has 65 heavy (non-hydrogen) atoms. The van der Waals surface area contributed by atoms with Crippen LogP contribution in [0.3, 0.4) is 0 Å². The van der Waals surface area contributed by atoms with Crippen molar-refractivity contribution in [2.75, 3.05) is 4.90 Å². The van der Waals surface area contributed by atoms with E-state index in [1.165, 1.54) is 92.3 Å². The number of nitrogens with zero attached hydrogens (tertiary/aromatic N) is 1. The zero-order valence-corrected chi connectivity index (χ0v) is 40.2. The van der Waals surface area contributed by atoms with E-state index in [0.717, 1.165) is 29.8 Å². The summed E-state index contributed by atoms with van der Waals surface area (Å²) in [6.45, 7) is 21.8. The predicted octanol–water partition coefficient (Wildman–Crippen LogP) is 16.9. The van der Waals surface area contributed by atoms with E-state index in [1.54, 1.807) is 0 Å². The van der Waals surface area contributed by atoms with Crippen molar-refractivity contribution in [3.8, 4) is 22.3 Å². The standard InChI is InChI=1S/C48H43NS.C13H12.C2H6/c1-7-8-17-45-33(4)39-15-12-16-40(47(39)50-45)34-20-24-36(25-21-34)49(35-22-18-31(2)19-23-35)37-26-27-42-44(30-37)48(5,6)43-29-28-38-32(3)13-10-9-11-14-41(38)46(42)43;1-2-3-4-7-11-10-12-8-5-6-9-13(11)12;1-2/h8-13,15-30H,3,7,14H2,1-2,4-6H3;2-10H,1H3;1-2H3/b11-9-,13-10-,17-8-;3-2-,7-4-;. The van der Waals surface area contributed by atoms with Crippen LogP contribution >= 0.6 is 11.3 Å². The first-order valence-corrected chi connectivity index (χ1v) is 24.1. The summed E-state index contributed by atoms with van der Waals surface area (Å²) in [7, 11) is 0. The summed E-state index contributed by atoms with van der Waals surface area (Å²) in [5, 5.41) is 4.06. The fourth-order valence-electron chi connectivity index (χ4n) is 9.33. The quantitative estimate of drug-likeness (QED) is 0.138. The highest BCUT2D eigenvalue weighted by Gasteiger charge is 2.38. The first-order valence-electron chi connectivity index (χ1n) is 23.3. The van der Waals surface area contributed by atoms with Crippen molar-refractivity contribution in [3.05, 3.63) is 231 Å². The fraction of sp³-hybridized carbons (Fsp3) is 0.175. The second kappa shape index (κ2) is 19.6. The molecule has 0 saturated carbocycles. The van der Waals surface area contributed by atoms with Crippen LogP contribution < -0.4 is 15.3 Å². The number of aryl methyl sites for hydroxylation is 2. The van der Waals surface area contributed by atoms with Crippen LogP contribution in [0.1, 0.15) is 86.2 Å². The minimum Gasteiger partial charge on any atom is -0.310 e. The molecular formula is C63H61NS. The largest absolute Gasteiger partial charge is 0.310 e. The van der Waals surface area contributed by atoms with E-state index < -0.39 is 0 Å². The van der Waals surface area contributed by atoms with Crippen LogP contribution in [0.5, 0.6) is 0 Å². The van der Waals surface area contributed by atoms with Crippen LogP contribution in [-0.2, 0) is 11.8 Å². The average Bonchev–Trinajstić information content (AvgIpc) is 3.76. The molecule has 324 valence electrons. The Morgan fingerprint density at radius 3 is 2.18 bits per heavy atom. The van der Waals surface area contributed by atoms with Gasteiger partial charge in [-0.15, -0.1) is 11.3 Å². The van der Waals surface area contributed by atoms with Gasteiger partial charge in [0.05, 0.1) is 0 Å². The van der Waals surface area contributed by atoms with Crippen molar-refractivity contribution in [1.82, 2.24) is 0 Å². The summed E-state index contributed by atoms with van der Waals surface area (Å²) in [6, 6.07) is 45.0. The topological polar surface area (TPSA) is 3.24 Å². The molecule has 1 nitrogen and oxygen atoms in total. The third-order valence-corrected chi connectivity index (χ3v) is 14.1. The first kappa shape index (κ1) is 44.9. The number of allylic oxidation sites excluding steroid dienone is 10. The Bertz CT molecular complexity index is 3170. The minimum absolute atomic E-state index is 0.134. The molecule has 3 aliphatic rings. The number of fused-ring (bicyclic) bond motifs is 7. The molecule has 6 aromatic carbocycles. The zero-order chi connectivity index (χ0) is 45.7. The highest BCUT2D eigenvalue weighted by molar-refractivity contribution is 7.20. The number of hydrogen-bond donors (Lipinski definition) is 0. The molecule has 2 heteroatoms. The van der Waals surface area contributed by atoms with Gasteiger partial charge in [-0.3, -0.25) is 0 Å². The Morgan fingerprint density at radius 1 is 0.723 bits per heavy atom. The van der Waals surface area contributed by atoms with Gasteiger partial charge in [-0.25, -0.2) is 0 Å². The maximum absolute atomic E-state index is 4.41. The number of hydrogen-bond acceptors (Lipinski definition) is 2. The molecule has 0 fully saturated rings. The molecule has 7 aromatic rings. The molecule has 0 saturated heterocycles. The van der Waals surface area contributed by atoms with E-state index in [9.17, 15) is 0 Å². The van der Waals surface area contributed by atoms with Crippen LogP contribution in [0.2, 0.25) is 0 Å². The Morgan fingerprint density at radius 2 is 1.45 bits per heavy atom. The van der Waals surface area contributed by atoms with Gasteiger partial charge in [-0.05, 0) is 159 Å². The van der Waals surface area contributed by atoms with Crippen molar-refractivity contribution >= 4 is 61.8 Å². The molecule has 0 bridgehead atoms. The highest BCUT2D eigenvalue weighted by atomic mass is 32.1. The monoisotopic (exact) mass is 863 g/mol. The van der Waals surface area contributed by atoms with Crippen molar-refractivity contribution in [2.45, 2.75) is 73.6 Å². The Hall–Kier alpha value is -6.74. The van der Waals surface area contributed by atoms with Crippen molar-refractivity contribution in [1.29, 1.82) is 0 Å². The molecule has 0 spiro atoms. The molecule has 0 atom stereocenters. The summed E-state index contributed by atoms with van der Waals surface area (Å²) in [6.07, 6.45) is 25.6. The third kappa shape index (κ3) is 8.76. The Balaban J connectivity index is 0.000000327. The van der Waals surface area contributed by atoms with E-state index >= 15 is 0 Å². The predicted molar refractivity (Wildman–Crippen MR) is 288 cm³/mol. The number of anilines is 3. The van der Waals surface area contributed by atoms with E-state index in [4.69, 9.17) is 0 Å². The Labute approximate surface area is 391 Å². The third-order valence-electron chi connectivity index (χ3n) is 12.8. The lowest BCUT2D eigenvalue weighted by Gasteiger charge is -2.28. The van der Waals surface area contributed by atoms with Gasteiger partial charge in [0, 0.05) is 32.1 Å². The van der Waals surface area contributed by atoms with Gasteiger partial charge < -0.3 is 4.90 Å². The van der Waals surface area contributed by atoms with Crippen molar-refractivity contribution in [2.24, 2.45) is 0 Å². The summed E-state index contributed by atoms with van der Waals surface area (Å²) in [5.41, 5.74) is 19.0. The maximum Gasteiger partial charge on any atom is 0.0465 e. The SMILES string of the molecule is C/C=C\C=C/C1=c2ccccc2=C1.C=C1/C=C\C=C/Cc2c1ccc1c2-c2ccc(N(c3ccc(C)cc3)c3ccc(-c4cccc5c(C)c(/C=C\CC)sc45)cc3)cc2C1(C)C.CC. The minimum atomic E-state index is -0.134. The van der Waals surface area contributed by atoms with E-state index in [1.807, 2.05) is 44.3 Å². The molecule has 1 aromatic heterocycles. The molecule has 0 radical (unpaired) electrons. The zero-order valence-electron chi connectivity index (χ0n) is 39.4. The first-order chi connectivity index (χ1) is 31.7. The smallest absolute Gasteiger partial charge is 0.0465 e. The second-order valence-corrected chi connectivity index (χ2v) is 18.3. The number of rotatable bonds is 8. The lowest BCUT2D eigenvalue weighted by atomic mass is 9.80. The summed E-state index contributed by atoms with van der Waals surface area (Å²) >= 11 is 1.90. The highest BCUT2D eigenvalue weighted by Crippen LogP contribution is 2.53. The molecule has 0 unspecified atom stereocenters. The normalized spacial score (nSPS) is 15.1. The molecular weight excluding hydrogens is 803 g/mol. The van der Waals surface area contributed by atoms with Crippen molar-refractivity contribution in [3.63, 3.8) is 0 Å². The molecule has 1 heterocycles. The van der Waals surface area contributed by atoms with Gasteiger partial charge in [0.25, 0.3) is 0 Å². The van der Waals surface area contributed by atoms with Crippen molar-refractivity contribution < 1.29 is 0 Å². The lowest BCUT2D eigenvalue weighted by molar-refractivity contribution is 0.660. The molecule has 10 rings (SSSR count). The van der Waals surface area contributed by atoms with Gasteiger partial charge in [0.1, 0.15) is 0 Å². The van der Waals surface area contributed by atoms with Gasteiger partial charge in [0.2, 0.25) is 0 Å². The van der Waals surface area contributed by atoms with Crippen LogP contribution in [0.25, 0.3) is 55.6 Å². The Kier molecular flexibility index (Phi) is 13.5. The molecule has 0 amide bonds. The molecule has 3 aliphatic carbocycles. The molecule has 0 aliphatic heterocycles. The van der Waals surface area contributed by atoms with E-state index in [2.05, 4.69) is 222 Å². The maximum atomic E-state index is 4.41. The van der Waals surface area contributed by atoms with Crippen LogP contribution in [0, 0.1) is 13.8 Å². The van der Waals surface area contributed by atoms with E-state index in [0.29, 0.717) is 0 Å². The fourth-order valence-corrected chi connectivity index (χ4v) is 10.6.